The third-order valence-corrected chi connectivity index (χ3v) is 4.52. The zero-order chi connectivity index (χ0) is 19.8. The summed E-state index contributed by atoms with van der Waals surface area (Å²) in [5, 5.41) is 6.93. The highest BCUT2D eigenvalue weighted by Crippen LogP contribution is 2.40. The molecule has 9 heteroatoms. The summed E-state index contributed by atoms with van der Waals surface area (Å²) in [7, 11) is 0. The number of aromatic nitrogens is 2. The smallest absolute Gasteiger partial charge is 0.436 e. The van der Waals surface area contributed by atoms with Crippen LogP contribution in [0.2, 0.25) is 0 Å². The van der Waals surface area contributed by atoms with Gasteiger partial charge in [0.15, 0.2) is 0 Å². The molecule has 3 rings (SSSR count). The fourth-order valence-electron chi connectivity index (χ4n) is 2.99. The maximum atomic E-state index is 13.1. The molecule has 2 heterocycles. The predicted octanol–water partition coefficient (Wildman–Crippen LogP) is 2.49. The van der Waals surface area contributed by atoms with E-state index in [4.69, 9.17) is 4.74 Å². The number of fused-ring (bicyclic) bond motifs is 1. The topological polar surface area (TPSA) is 93.5 Å². The molecular formula is C18H19FN4O4. The number of ether oxygens (including phenoxy) is 1. The van der Waals surface area contributed by atoms with Gasteiger partial charge in [-0.2, -0.15) is 5.10 Å². The number of benzene rings is 1. The summed E-state index contributed by atoms with van der Waals surface area (Å²) in [4.78, 5) is 37.7. The van der Waals surface area contributed by atoms with Crippen molar-refractivity contribution in [3.8, 4) is 0 Å². The van der Waals surface area contributed by atoms with Gasteiger partial charge in [-0.05, 0) is 45.0 Å². The molecule has 0 bridgehead atoms. The van der Waals surface area contributed by atoms with Crippen molar-refractivity contribution in [1.29, 1.82) is 0 Å². The Morgan fingerprint density at radius 2 is 2.00 bits per heavy atom. The van der Waals surface area contributed by atoms with Crippen LogP contribution in [0.1, 0.15) is 42.4 Å². The van der Waals surface area contributed by atoms with Crippen molar-refractivity contribution in [3.63, 3.8) is 0 Å². The van der Waals surface area contributed by atoms with Gasteiger partial charge in [0, 0.05) is 11.1 Å². The number of hydrogen-bond acceptors (Lipinski definition) is 5. The summed E-state index contributed by atoms with van der Waals surface area (Å²) in [6.45, 7) is 5.56. The molecule has 0 saturated carbocycles. The van der Waals surface area contributed by atoms with Gasteiger partial charge in [-0.15, -0.1) is 4.68 Å². The van der Waals surface area contributed by atoms with Crippen LogP contribution < -0.4 is 5.32 Å². The van der Waals surface area contributed by atoms with E-state index in [1.165, 1.54) is 29.2 Å². The Hall–Kier alpha value is -3.23. The third kappa shape index (κ3) is 3.16. The Balaban J connectivity index is 2.02. The molecule has 8 nitrogen and oxygen atoms in total. The molecule has 2 aromatic rings. The predicted molar refractivity (Wildman–Crippen MR) is 93.6 cm³/mol. The number of nitrogens with one attached hydrogen (secondary N) is 1. The molecule has 2 amide bonds. The highest BCUT2D eigenvalue weighted by molar-refractivity contribution is 6.05. The van der Waals surface area contributed by atoms with Gasteiger partial charge in [0.25, 0.3) is 5.91 Å². The lowest BCUT2D eigenvalue weighted by atomic mass is 10.0. The SMILES string of the molecule is CCOC(=O)n1nc2c(c1NC(=O)c1ccc(F)cc1)CN(C=O)C2(C)C. The number of carbonyl (C=O) groups excluding carboxylic acids is 3. The standard InChI is InChI=1S/C18H19FN4O4/c1-4-27-17(26)23-15(20-16(25)11-5-7-12(19)8-6-11)13-9-22(10-24)18(2,3)14(13)21-23/h5-8,10H,4,9H2,1-3H3,(H,20,25). The van der Waals surface area contributed by atoms with Crippen LogP contribution in [0.25, 0.3) is 0 Å². The fourth-order valence-corrected chi connectivity index (χ4v) is 2.99. The van der Waals surface area contributed by atoms with E-state index in [2.05, 4.69) is 10.4 Å². The molecule has 1 aliphatic rings. The van der Waals surface area contributed by atoms with E-state index in [-0.39, 0.29) is 24.5 Å². The van der Waals surface area contributed by atoms with Gasteiger partial charge >= 0.3 is 6.09 Å². The van der Waals surface area contributed by atoms with E-state index in [0.29, 0.717) is 17.7 Å². The van der Waals surface area contributed by atoms with Crippen LogP contribution in [0.15, 0.2) is 24.3 Å². The minimum Gasteiger partial charge on any atom is -0.448 e. The summed E-state index contributed by atoms with van der Waals surface area (Å²) in [6, 6.07) is 4.99. The number of anilines is 1. The average molecular weight is 374 g/mol. The minimum absolute atomic E-state index is 0.134. The first-order valence-electron chi connectivity index (χ1n) is 8.38. The second kappa shape index (κ2) is 6.82. The Kier molecular flexibility index (Phi) is 4.69. The number of hydrogen-bond donors (Lipinski definition) is 1. The molecular weight excluding hydrogens is 355 g/mol. The average Bonchev–Trinajstić information content (AvgIpc) is 3.10. The van der Waals surface area contributed by atoms with E-state index < -0.39 is 23.4 Å². The lowest BCUT2D eigenvalue weighted by molar-refractivity contribution is -0.122. The molecule has 0 fully saturated rings. The van der Waals surface area contributed by atoms with Crippen LogP contribution in [-0.2, 0) is 21.6 Å². The molecule has 0 spiro atoms. The number of halogens is 1. The van der Waals surface area contributed by atoms with Gasteiger partial charge < -0.3 is 15.0 Å². The summed E-state index contributed by atoms with van der Waals surface area (Å²) >= 11 is 0. The van der Waals surface area contributed by atoms with Gasteiger partial charge in [-0.25, -0.2) is 9.18 Å². The molecule has 0 unspecified atom stereocenters. The number of nitrogens with zero attached hydrogens (tertiary/aromatic N) is 3. The molecule has 1 aliphatic heterocycles. The summed E-state index contributed by atoms with van der Waals surface area (Å²) < 4.78 is 19.1. The molecule has 1 aromatic carbocycles. The van der Waals surface area contributed by atoms with Crippen LogP contribution >= 0.6 is 0 Å². The van der Waals surface area contributed by atoms with Crippen LogP contribution in [0, 0.1) is 5.82 Å². The van der Waals surface area contributed by atoms with Crippen molar-refractivity contribution in [2.45, 2.75) is 32.9 Å². The van der Waals surface area contributed by atoms with E-state index >= 15 is 0 Å². The van der Waals surface area contributed by atoms with Crippen LogP contribution in [0.4, 0.5) is 15.0 Å². The first-order valence-corrected chi connectivity index (χ1v) is 8.38. The lowest BCUT2D eigenvalue weighted by Gasteiger charge is -2.27. The zero-order valence-electron chi connectivity index (χ0n) is 15.2. The van der Waals surface area contributed by atoms with E-state index in [0.717, 1.165) is 4.68 Å². The molecule has 1 N–H and O–H groups in total. The fraction of sp³-hybridized carbons (Fsp3) is 0.333. The van der Waals surface area contributed by atoms with Crippen molar-refractivity contribution < 1.29 is 23.5 Å². The van der Waals surface area contributed by atoms with Gasteiger partial charge in [-0.1, -0.05) is 0 Å². The first kappa shape index (κ1) is 18.6. The minimum atomic E-state index is -0.746. The van der Waals surface area contributed by atoms with Gasteiger partial charge in [-0.3, -0.25) is 9.59 Å². The number of carbonyl (C=O) groups is 3. The normalized spacial score (nSPS) is 14.6. The van der Waals surface area contributed by atoms with Gasteiger partial charge in [0.2, 0.25) is 6.41 Å². The maximum absolute atomic E-state index is 13.1. The van der Waals surface area contributed by atoms with Gasteiger partial charge in [0.05, 0.1) is 24.4 Å². The molecule has 0 radical (unpaired) electrons. The zero-order valence-corrected chi connectivity index (χ0v) is 15.2. The second-order valence-corrected chi connectivity index (χ2v) is 6.54. The number of rotatable bonds is 4. The monoisotopic (exact) mass is 374 g/mol. The van der Waals surface area contributed by atoms with E-state index in [9.17, 15) is 18.8 Å². The lowest BCUT2D eigenvalue weighted by Crippen LogP contribution is -2.35. The molecule has 27 heavy (non-hydrogen) atoms. The van der Waals surface area contributed by atoms with Crippen molar-refractivity contribution in [1.82, 2.24) is 14.7 Å². The van der Waals surface area contributed by atoms with Crippen molar-refractivity contribution in [3.05, 3.63) is 46.9 Å². The first-order chi connectivity index (χ1) is 12.8. The molecule has 0 aliphatic carbocycles. The Bertz CT molecular complexity index is 905. The molecule has 142 valence electrons. The Morgan fingerprint density at radius 1 is 1.33 bits per heavy atom. The Morgan fingerprint density at radius 3 is 2.59 bits per heavy atom. The quantitative estimate of drug-likeness (QED) is 0.830. The van der Waals surface area contributed by atoms with E-state index in [1.807, 2.05) is 0 Å². The van der Waals surface area contributed by atoms with Crippen LogP contribution in [-0.4, -0.2) is 39.7 Å². The van der Waals surface area contributed by atoms with Crippen molar-refractivity contribution in [2.24, 2.45) is 0 Å². The van der Waals surface area contributed by atoms with Gasteiger partial charge in [0.1, 0.15) is 11.6 Å². The Labute approximate surface area is 154 Å². The highest BCUT2D eigenvalue weighted by atomic mass is 19.1. The highest BCUT2D eigenvalue weighted by Gasteiger charge is 2.43. The third-order valence-electron chi connectivity index (χ3n) is 4.52. The van der Waals surface area contributed by atoms with Crippen molar-refractivity contribution in [2.75, 3.05) is 11.9 Å². The summed E-state index contributed by atoms with van der Waals surface area (Å²) in [5.41, 5.74) is 0.517. The maximum Gasteiger partial charge on any atom is 0.436 e. The second-order valence-electron chi connectivity index (χ2n) is 6.54. The molecule has 0 saturated heterocycles. The molecule has 0 atom stereocenters. The van der Waals surface area contributed by atoms with Crippen molar-refractivity contribution >= 4 is 24.2 Å². The van der Waals surface area contributed by atoms with Crippen LogP contribution in [0.5, 0.6) is 0 Å². The summed E-state index contributed by atoms with van der Waals surface area (Å²) in [5.74, 6) is -0.867. The van der Waals surface area contributed by atoms with E-state index in [1.54, 1.807) is 20.8 Å². The molecule has 1 aromatic heterocycles. The number of amides is 2. The summed E-state index contributed by atoms with van der Waals surface area (Å²) in [6.07, 6.45) is -0.0446. The largest absolute Gasteiger partial charge is 0.448 e. The van der Waals surface area contributed by atoms with Crippen LogP contribution in [0.3, 0.4) is 0 Å².